The third-order valence-corrected chi connectivity index (χ3v) is 7.92. The molecule has 6 rings (SSSR count). The molecule has 40 heavy (non-hydrogen) atoms. The first-order valence-electron chi connectivity index (χ1n) is 13.9. The van der Waals surface area contributed by atoms with E-state index in [0.717, 1.165) is 59.0 Å². The van der Waals surface area contributed by atoms with Gasteiger partial charge in [-0.2, -0.15) is 0 Å². The Labute approximate surface area is 231 Å². The number of pyridine rings is 1. The number of nitrogens with one attached hydrogen (secondary N) is 1. The van der Waals surface area contributed by atoms with Crippen LogP contribution in [0.2, 0.25) is 0 Å². The molecule has 3 heterocycles. The normalized spacial score (nSPS) is 15.2. The monoisotopic (exact) mass is 540 g/mol. The van der Waals surface area contributed by atoms with Crippen molar-refractivity contribution in [2.24, 2.45) is 0 Å². The number of nitrogens with zero attached hydrogens (tertiary/aromatic N) is 5. The number of rotatable bonds is 8. The van der Waals surface area contributed by atoms with Crippen LogP contribution in [-0.4, -0.2) is 30.1 Å². The fraction of sp³-hybridized carbons (Fsp3) is 0.355. The summed E-state index contributed by atoms with van der Waals surface area (Å²) >= 11 is 0. The number of halogens is 1. The van der Waals surface area contributed by atoms with Crippen LogP contribution in [0.15, 0.2) is 70.1 Å². The molecule has 0 bridgehead atoms. The second-order valence-electron chi connectivity index (χ2n) is 10.9. The Kier molecular flexibility index (Phi) is 7.30. The molecule has 3 aromatic heterocycles. The highest BCUT2D eigenvalue weighted by molar-refractivity contribution is 5.83. The topological polar surface area (TPSA) is 92.8 Å². The summed E-state index contributed by atoms with van der Waals surface area (Å²) < 4.78 is 21.5. The van der Waals surface area contributed by atoms with Crippen molar-refractivity contribution in [3.05, 3.63) is 111 Å². The first-order valence-corrected chi connectivity index (χ1v) is 13.9. The van der Waals surface area contributed by atoms with Crippen molar-refractivity contribution in [2.45, 2.75) is 71.1 Å². The fourth-order valence-corrected chi connectivity index (χ4v) is 6.02. The summed E-state index contributed by atoms with van der Waals surface area (Å²) in [4.78, 5) is 19.1. The van der Waals surface area contributed by atoms with E-state index in [1.54, 1.807) is 18.4 Å². The zero-order valence-corrected chi connectivity index (χ0v) is 22.8. The Balaban J connectivity index is 1.54. The van der Waals surface area contributed by atoms with Gasteiger partial charge < -0.3 is 9.40 Å². The molecule has 0 aliphatic heterocycles. The number of aryl methyl sites for hydroxylation is 2. The fourth-order valence-electron chi connectivity index (χ4n) is 6.02. The Bertz CT molecular complexity index is 1650. The second-order valence-corrected chi connectivity index (χ2v) is 10.9. The Morgan fingerprint density at radius 3 is 2.62 bits per heavy atom. The zero-order chi connectivity index (χ0) is 27.6. The maximum atomic E-state index is 13.9. The van der Waals surface area contributed by atoms with Crippen LogP contribution in [-0.2, 0) is 13.1 Å². The lowest BCUT2D eigenvalue weighted by atomic mass is 9.94. The second kappa shape index (κ2) is 11.2. The molecule has 1 N–H and O–H groups in total. The van der Waals surface area contributed by atoms with E-state index in [0.29, 0.717) is 24.5 Å². The molecule has 9 heteroatoms. The average Bonchev–Trinajstić information content (AvgIpc) is 3.64. The van der Waals surface area contributed by atoms with Gasteiger partial charge in [-0.3, -0.25) is 9.69 Å². The number of H-pyrrole nitrogens is 1. The number of furan rings is 1. The van der Waals surface area contributed by atoms with Gasteiger partial charge in [-0.05, 0) is 90.2 Å². The molecule has 1 atom stereocenters. The molecule has 0 spiro atoms. The molecule has 0 radical (unpaired) electrons. The maximum absolute atomic E-state index is 13.9. The molecule has 1 aliphatic rings. The minimum Gasteiger partial charge on any atom is -0.468 e. The van der Waals surface area contributed by atoms with Crippen LogP contribution in [0, 0.1) is 19.7 Å². The molecular formula is C31H33FN6O2. The number of hydrogen-bond acceptors (Lipinski definition) is 6. The summed E-state index contributed by atoms with van der Waals surface area (Å²) in [5, 5.41) is 14.1. The van der Waals surface area contributed by atoms with Gasteiger partial charge in [0.2, 0.25) is 0 Å². The van der Waals surface area contributed by atoms with Gasteiger partial charge >= 0.3 is 0 Å². The predicted octanol–water partition coefficient (Wildman–Crippen LogP) is 6.16. The van der Waals surface area contributed by atoms with E-state index < -0.39 is 6.04 Å². The smallest absolute Gasteiger partial charge is 0.253 e. The molecule has 0 unspecified atom stereocenters. The van der Waals surface area contributed by atoms with Crippen molar-refractivity contribution in [3.63, 3.8) is 0 Å². The van der Waals surface area contributed by atoms with Gasteiger partial charge in [0.1, 0.15) is 17.6 Å². The number of aromatic amines is 1. The van der Waals surface area contributed by atoms with E-state index in [1.807, 2.05) is 35.9 Å². The maximum Gasteiger partial charge on any atom is 0.253 e. The van der Waals surface area contributed by atoms with Gasteiger partial charge in [0.15, 0.2) is 5.82 Å². The van der Waals surface area contributed by atoms with E-state index in [-0.39, 0.29) is 17.4 Å². The van der Waals surface area contributed by atoms with E-state index >= 15 is 0 Å². The highest BCUT2D eigenvalue weighted by atomic mass is 19.1. The van der Waals surface area contributed by atoms with Gasteiger partial charge in [-0.15, -0.1) is 5.10 Å². The lowest BCUT2D eigenvalue weighted by molar-refractivity contribution is 0.173. The van der Waals surface area contributed by atoms with Crippen molar-refractivity contribution in [3.8, 4) is 0 Å². The van der Waals surface area contributed by atoms with Crippen LogP contribution in [0.4, 0.5) is 4.39 Å². The first-order chi connectivity index (χ1) is 19.5. The third kappa shape index (κ3) is 5.34. The summed E-state index contributed by atoms with van der Waals surface area (Å²) in [6.45, 7) is 4.90. The summed E-state index contributed by atoms with van der Waals surface area (Å²) in [7, 11) is 0. The molecule has 1 aliphatic carbocycles. The van der Waals surface area contributed by atoms with E-state index in [1.165, 1.54) is 18.6 Å². The number of tetrazole rings is 1. The van der Waals surface area contributed by atoms with Crippen LogP contribution in [0.25, 0.3) is 10.9 Å². The van der Waals surface area contributed by atoms with Crippen LogP contribution in [0.1, 0.15) is 78.0 Å². The summed E-state index contributed by atoms with van der Waals surface area (Å²) in [6.07, 6.45) is 7.07. The van der Waals surface area contributed by atoms with Gasteiger partial charge in [0.25, 0.3) is 5.56 Å². The van der Waals surface area contributed by atoms with Gasteiger partial charge in [0, 0.05) is 23.0 Å². The number of aromatic nitrogens is 5. The lowest BCUT2D eigenvalue weighted by Gasteiger charge is -2.32. The molecule has 1 saturated carbocycles. The number of hydrogen-bond donors (Lipinski definition) is 1. The molecule has 206 valence electrons. The van der Waals surface area contributed by atoms with Crippen LogP contribution in [0.5, 0.6) is 0 Å². The summed E-state index contributed by atoms with van der Waals surface area (Å²) in [5.41, 5.74) is 4.23. The minimum absolute atomic E-state index is 0.168. The Hall–Kier alpha value is -4.11. The largest absolute Gasteiger partial charge is 0.468 e. The average molecular weight is 541 g/mol. The molecular weight excluding hydrogens is 507 g/mol. The zero-order valence-electron chi connectivity index (χ0n) is 22.8. The summed E-state index contributed by atoms with van der Waals surface area (Å²) in [6, 6.07) is 15.9. The van der Waals surface area contributed by atoms with Crippen molar-refractivity contribution in [1.29, 1.82) is 0 Å². The minimum atomic E-state index is -0.582. The highest BCUT2D eigenvalue weighted by Gasteiger charge is 2.33. The van der Waals surface area contributed by atoms with E-state index in [4.69, 9.17) is 4.42 Å². The Morgan fingerprint density at radius 2 is 1.88 bits per heavy atom. The number of benzene rings is 2. The lowest BCUT2D eigenvalue weighted by Crippen LogP contribution is -2.35. The third-order valence-electron chi connectivity index (χ3n) is 7.92. The SMILES string of the molecule is Cc1cc(C)c2cc([C@H](c3nnnn3C3CCCCC3)N(Cc3ccc(F)cc3)Cc3ccco3)c(=O)[nH]c2c1. The van der Waals surface area contributed by atoms with Gasteiger partial charge in [0.05, 0.1) is 18.8 Å². The number of fused-ring (bicyclic) bond motifs is 1. The van der Waals surface area contributed by atoms with Crippen molar-refractivity contribution >= 4 is 10.9 Å². The van der Waals surface area contributed by atoms with Gasteiger partial charge in [-0.25, -0.2) is 9.07 Å². The predicted molar refractivity (Wildman–Crippen MR) is 150 cm³/mol. The molecule has 5 aromatic rings. The van der Waals surface area contributed by atoms with Crippen molar-refractivity contribution < 1.29 is 8.81 Å². The van der Waals surface area contributed by atoms with Crippen LogP contribution < -0.4 is 5.56 Å². The summed E-state index contributed by atoms with van der Waals surface area (Å²) in [5.74, 6) is 1.07. The highest BCUT2D eigenvalue weighted by Crippen LogP contribution is 2.35. The molecule has 2 aromatic carbocycles. The molecule has 0 amide bonds. The van der Waals surface area contributed by atoms with Gasteiger partial charge in [-0.1, -0.05) is 37.5 Å². The van der Waals surface area contributed by atoms with Crippen LogP contribution in [0.3, 0.4) is 0 Å². The standard InChI is InChI=1S/C31H33FN6O2/c1-20-15-21(2)26-17-27(31(39)33-28(26)16-20)29(30-34-35-36-38(30)24-7-4-3-5-8-24)37(19-25-9-6-14-40-25)18-22-10-12-23(32)13-11-22/h6,9-17,24,29H,3-5,7-8,18-19H2,1-2H3,(H,33,39)/t29-/m1/s1. The van der Waals surface area contributed by atoms with Crippen molar-refractivity contribution in [1.82, 2.24) is 30.1 Å². The molecule has 0 saturated heterocycles. The van der Waals surface area contributed by atoms with E-state index in [9.17, 15) is 9.18 Å². The van der Waals surface area contributed by atoms with Crippen LogP contribution >= 0.6 is 0 Å². The van der Waals surface area contributed by atoms with E-state index in [2.05, 4.69) is 38.4 Å². The Morgan fingerprint density at radius 1 is 1.07 bits per heavy atom. The van der Waals surface area contributed by atoms with Crippen molar-refractivity contribution in [2.75, 3.05) is 0 Å². The molecule has 8 nitrogen and oxygen atoms in total. The quantitative estimate of drug-likeness (QED) is 0.253. The molecule has 1 fully saturated rings. The first kappa shape index (κ1) is 26.1.